The van der Waals surface area contributed by atoms with Crippen LogP contribution in [0.3, 0.4) is 0 Å². The van der Waals surface area contributed by atoms with Crippen molar-refractivity contribution in [2.45, 2.75) is 12.3 Å². The fraction of sp³-hybridized carbons (Fsp3) is 0.312. The number of ether oxygens (including phenoxy) is 2. The molecule has 6 nitrogen and oxygen atoms in total. The first kappa shape index (κ1) is 15.6. The zero-order valence-electron chi connectivity index (χ0n) is 12.3. The van der Waals surface area contributed by atoms with Gasteiger partial charge in [-0.05, 0) is 12.0 Å². The number of allylic oxidation sites excluding steroid dienone is 1. The fourth-order valence-corrected chi connectivity index (χ4v) is 2.86. The van der Waals surface area contributed by atoms with Crippen LogP contribution in [0, 0.1) is 16.7 Å². The van der Waals surface area contributed by atoms with Gasteiger partial charge in [-0.1, -0.05) is 30.3 Å². The molecule has 0 heterocycles. The molecule has 0 radical (unpaired) electrons. The van der Waals surface area contributed by atoms with Crippen LogP contribution in [-0.4, -0.2) is 26.2 Å². The van der Waals surface area contributed by atoms with Gasteiger partial charge in [0.2, 0.25) is 5.41 Å². The molecule has 2 rings (SSSR count). The summed E-state index contributed by atoms with van der Waals surface area (Å²) >= 11 is 0. The monoisotopic (exact) mass is 300 g/mol. The van der Waals surface area contributed by atoms with Crippen molar-refractivity contribution in [3.63, 3.8) is 0 Å². The van der Waals surface area contributed by atoms with Gasteiger partial charge in [-0.2, -0.15) is 5.26 Å². The Hall–Kier alpha value is -2.81. The second kappa shape index (κ2) is 5.90. The maximum atomic E-state index is 12.2. The van der Waals surface area contributed by atoms with Crippen molar-refractivity contribution in [3.05, 3.63) is 47.2 Å². The van der Waals surface area contributed by atoms with Gasteiger partial charge in [0.05, 0.1) is 31.6 Å². The van der Waals surface area contributed by atoms with E-state index in [2.05, 4.69) is 0 Å². The molecule has 1 aliphatic carbocycles. The zero-order valence-corrected chi connectivity index (χ0v) is 12.3. The Morgan fingerprint density at radius 3 is 2.23 bits per heavy atom. The Bertz CT molecular complexity index is 657. The lowest BCUT2D eigenvalue weighted by Gasteiger charge is -2.25. The number of benzene rings is 1. The van der Waals surface area contributed by atoms with Crippen LogP contribution in [0.5, 0.6) is 0 Å². The van der Waals surface area contributed by atoms with E-state index in [1.807, 2.05) is 36.4 Å². The van der Waals surface area contributed by atoms with Crippen LogP contribution in [0.15, 0.2) is 41.6 Å². The van der Waals surface area contributed by atoms with Gasteiger partial charge in [0, 0.05) is 5.92 Å². The first-order valence-corrected chi connectivity index (χ1v) is 6.65. The van der Waals surface area contributed by atoms with Crippen molar-refractivity contribution >= 4 is 11.9 Å². The zero-order chi connectivity index (χ0) is 16.3. The van der Waals surface area contributed by atoms with Crippen LogP contribution >= 0.6 is 0 Å². The summed E-state index contributed by atoms with van der Waals surface area (Å²) in [6.45, 7) is 0. The minimum absolute atomic E-state index is 0.0189. The number of nitrogens with zero attached hydrogens (tertiary/aromatic N) is 1. The summed E-state index contributed by atoms with van der Waals surface area (Å²) in [6.07, 6.45) is 0.0189. The third-order valence-corrected chi connectivity index (χ3v) is 4.00. The van der Waals surface area contributed by atoms with Gasteiger partial charge in [-0.15, -0.1) is 0 Å². The average Bonchev–Trinajstić information content (AvgIpc) is 2.87. The molecule has 0 bridgehead atoms. The Morgan fingerprint density at radius 1 is 1.23 bits per heavy atom. The second-order valence-corrected chi connectivity index (χ2v) is 5.00. The van der Waals surface area contributed by atoms with E-state index in [1.165, 1.54) is 14.2 Å². The van der Waals surface area contributed by atoms with Gasteiger partial charge >= 0.3 is 11.9 Å². The van der Waals surface area contributed by atoms with Crippen molar-refractivity contribution in [3.8, 4) is 6.07 Å². The minimum Gasteiger partial charge on any atom is -0.468 e. The summed E-state index contributed by atoms with van der Waals surface area (Å²) in [7, 11) is 2.34. The molecule has 0 saturated carbocycles. The van der Waals surface area contributed by atoms with E-state index in [9.17, 15) is 14.9 Å². The molecule has 0 aliphatic heterocycles. The quantitative estimate of drug-likeness (QED) is 0.665. The van der Waals surface area contributed by atoms with Gasteiger partial charge in [-0.3, -0.25) is 9.59 Å². The number of rotatable bonds is 3. The molecule has 2 N–H and O–H groups in total. The van der Waals surface area contributed by atoms with Crippen LogP contribution in [0.1, 0.15) is 17.9 Å². The van der Waals surface area contributed by atoms with Crippen molar-refractivity contribution in [2.75, 3.05) is 14.2 Å². The van der Waals surface area contributed by atoms with Crippen LogP contribution in [0.4, 0.5) is 0 Å². The third-order valence-electron chi connectivity index (χ3n) is 4.00. The molecule has 1 aromatic carbocycles. The topological polar surface area (TPSA) is 102 Å². The SMILES string of the molecule is COC(=O)C1(C(=O)OC)C[C@@H](c2ccccc2)C(C#N)=C1N. The average molecular weight is 300 g/mol. The maximum Gasteiger partial charge on any atom is 0.329 e. The molecule has 0 fully saturated rings. The van der Waals surface area contributed by atoms with Crippen molar-refractivity contribution in [1.29, 1.82) is 5.26 Å². The Labute approximate surface area is 128 Å². The van der Waals surface area contributed by atoms with Gasteiger partial charge in [-0.25, -0.2) is 0 Å². The van der Waals surface area contributed by atoms with Gasteiger partial charge in [0.1, 0.15) is 0 Å². The third kappa shape index (κ3) is 2.11. The van der Waals surface area contributed by atoms with E-state index in [0.717, 1.165) is 5.56 Å². The Balaban J connectivity index is 2.61. The molecular weight excluding hydrogens is 284 g/mol. The number of nitriles is 1. The first-order chi connectivity index (χ1) is 10.5. The Morgan fingerprint density at radius 2 is 1.77 bits per heavy atom. The predicted molar refractivity (Wildman–Crippen MR) is 77.1 cm³/mol. The summed E-state index contributed by atoms with van der Waals surface area (Å²) < 4.78 is 9.49. The number of methoxy groups -OCH3 is 2. The number of hydrogen-bond donors (Lipinski definition) is 1. The fourth-order valence-electron chi connectivity index (χ4n) is 2.86. The maximum absolute atomic E-state index is 12.2. The van der Waals surface area contributed by atoms with Crippen molar-refractivity contribution in [1.82, 2.24) is 0 Å². The molecular formula is C16H16N2O4. The van der Waals surface area contributed by atoms with E-state index < -0.39 is 23.3 Å². The standard InChI is InChI=1S/C16H16N2O4/c1-21-14(19)16(15(20)22-2)8-11(12(9-17)13(16)18)10-6-4-3-5-7-10/h3-7,11H,8,18H2,1-2H3/t11-/m0/s1. The summed E-state index contributed by atoms with van der Waals surface area (Å²) in [5, 5.41) is 9.42. The van der Waals surface area contributed by atoms with Crippen LogP contribution in [0.25, 0.3) is 0 Å². The second-order valence-electron chi connectivity index (χ2n) is 5.00. The van der Waals surface area contributed by atoms with Gasteiger partial charge < -0.3 is 15.2 Å². The summed E-state index contributed by atoms with van der Waals surface area (Å²) in [6, 6.07) is 11.1. The van der Waals surface area contributed by atoms with Crippen LogP contribution in [-0.2, 0) is 19.1 Å². The van der Waals surface area contributed by atoms with E-state index in [0.29, 0.717) is 0 Å². The normalized spacial score (nSPS) is 19.4. The number of carbonyl (C=O) groups is 2. The minimum atomic E-state index is -1.77. The molecule has 22 heavy (non-hydrogen) atoms. The predicted octanol–water partition coefficient (Wildman–Crippen LogP) is 1.24. The van der Waals surface area contributed by atoms with Crippen molar-refractivity contribution in [2.24, 2.45) is 11.1 Å². The highest BCUT2D eigenvalue weighted by Crippen LogP contribution is 2.49. The van der Waals surface area contributed by atoms with Gasteiger partial charge in [0.25, 0.3) is 0 Å². The lowest BCUT2D eigenvalue weighted by Crippen LogP contribution is -2.43. The molecule has 0 unspecified atom stereocenters. The Kier molecular flexibility index (Phi) is 4.18. The summed E-state index contributed by atoms with van der Waals surface area (Å²) in [4.78, 5) is 24.5. The van der Waals surface area contributed by atoms with Crippen LogP contribution < -0.4 is 5.73 Å². The van der Waals surface area contributed by atoms with E-state index >= 15 is 0 Å². The van der Waals surface area contributed by atoms with Crippen LogP contribution in [0.2, 0.25) is 0 Å². The molecule has 114 valence electrons. The number of carbonyl (C=O) groups excluding carboxylic acids is 2. The lowest BCUT2D eigenvalue weighted by molar-refractivity contribution is -0.166. The molecule has 1 atom stereocenters. The smallest absolute Gasteiger partial charge is 0.329 e. The largest absolute Gasteiger partial charge is 0.468 e. The number of nitrogens with two attached hydrogens (primary N) is 1. The number of hydrogen-bond acceptors (Lipinski definition) is 6. The van der Waals surface area contributed by atoms with E-state index in [4.69, 9.17) is 15.2 Å². The molecule has 0 saturated heterocycles. The molecule has 0 spiro atoms. The summed E-state index contributed by atoms with van der Waals surface area (Å²) in [5.74, 6) is -2.09. The summed E-state index contributed by atoms with van der Waals surface area (Å²) in [5.41, 5.74) is 5.14. The number of esters is 2. The lowest BCUT2D eigenvalue weighted by atomic mass is 9.81. The van der Waals surface area contributed by atoms with E-state index in [1.54, 1.807) is 0 Å². The highest BCUT2D eigenvalue weighted by atomic mass is 16.5. The highest BCUT2D eigenvalue weighted by molar-refractivity contribution is 6.04. The first-order valence-electron chi connectivity index (χ1n) is 6.65. The molecule has 0 aromatic heterocycles. The van der Waals surface area contributed by atoms with Crippen molar-refractivity contribution < 1.29 is 19.1 Å². The highest BCUT2D eigenvalue weighted by Gasteiger charge is 2.58. The molecule has 6 heteroatoms. The molecule has 0 amide bonds. The molecule has 1 aliphatic rings. The van der Waals surface area contributed by atoms with Gasteiger partial charge in [0.15, 0.2) is 0 Å². The van der Waals surface area contributed by atoms with E-state index in [-0.39, 0.29) is 17.7 Å². The molecule has 1 aromatic rings.